The van der Waals surface area contributed by atoms with Crippen LogP contribution in [-0.2, 0) is 4.74 Å². The largest absolute Gasteiger partial charge is 0.491 e. The Balaban J connectivity index is 1.42. The first-order valence-corrected chi connectivity index (χ1v) is 12.8. The minimum absolute atomic E-state index is 0.0509. The van der Waals surface area contributed by atoms with Crippen LogP contribution < -0.4 is 20.7 Å². The summed E-state index contributed by atoms with van der Waals surface area (Å²) < 4.78 is 12.8. The van der Waals surface area contributed by atoms with E-state index >= 15 is 0 Å². The highest BCUT2D eigenvalue weighted by molar-refractivity contribution is 5.92. The number of pyridine rings is 1. The summed E-state index contributed by atoms with van der Waals surface area (Å²) in [5.74, 6) is 2.24. The van der Waals surface area contributed by atoms with E-state index in [1.807, 2.05) is 35.2 Å². The molecule has 190 valence electrons. The van der Waals surface area contributed by atoms with Crippen molar-refractivity contribution in [2.45, 2.75) is 38.9 Å². The Bertz CT molecular complexity index is 1320. The van der Waals surface area contributed by atoms with Gasteiger partial charge >= 0.3 is 0 Å². The number of ether oxygens (including phenoxy) is 2. The highest BCUT2D eigenvalue weighted by Crippen LogP contribution is 2.31. The summed E-state index contributed by atoms with van der Waals surface area (Å²) in [4.78, 5) is 12.0. The van der Waals surface area contributed by atoms with Gasteiger partial charge in [-0.3, -0.25) is 4.57 Å². The van der Waals surface area contributed by atoms with Gasteiger partial charge in [-0.25, -0.2) is 9.97 Å². The molecule has 1 aliphatic heterocycles. The van der Waals surface area contributed by atoms with Crippen LogP contribution in [0.2, 0.25) is 0 Å². The lowest BCUT2D eigenvalue weighted by Gasteiger charge is -2.39. The van der Waals surface area contributed by atoms with Crippen molar-refractivity contribution >= 4 is 27.6 Å². The molecule has 0 saturated carbocycles. The minimum atomic E-state index is -0.0509. The van der Waals surface area contributed by atoms with Crippen LogP contribution in [0.4, 0.5) is 5.69 Å². The lowest BCUT2D eigenvalue weighted by molar-refractivity contribution is 0.146. The van der Waals surface area contributed by atoms with Gasteiger partial charge in [0.1, 0.15) is 24.5 Å². The molecule has 5 rings (SSSR count). The van der Waals surface area contributed by atoms with Crippen LogP contribution in [0.1, 0.15) is 26.7 Å². The molecule has 3 N–H and O–H groups in total. The van der Waals surface area contributed by atoms with E-state index in [1.165, 1.54) is 0 Å². The van der Waals surface area contributed by atoms with Crippen molar-refractivity contribution in [3.8, 4) is 11.6 Å². The fourth-order valence-corrected chi connectivity index (χ4v) is 4.88. The monoisotopic (exact) mass is 488 g/mol. The lowest BCUT2D eigenvalue weighted by Crippen LogP contribution is -2.53. The molecule has 0 amide bonds. The third-order valence-corrected chi connectivity index (χ3v) is 6.77. The van der Waals surface area contributed by atoms with E-state index in [1.54, 1.807) is 7.11 Å². The molecule has 1 saturated heterocycles. The van der Waals surface area contributed by atoms with Crippen LogP contribution in [-0.4, -0.2) is 60.2 Å². The van der Waals surface area contributed by atoms with Gasteiger partial charge in [-0.2, -0.15) is 0 Å². The maximum absolute atomic E-state index is 6.69. The highest BCUT2D eigenvalue weighted by atomic mass is 16.5. The van der Waals surface area contributed by atoms with E-state index in [9.17, 15) is 0 Å². The van der Waals surface area contributed by atoms with Crippen LogP contribution in [0.25, 0.3) is 27.8 Å². The van der Waals surface area contributed by atoms with E-state index in [0.717, 1.165) is 65.1 Å². The predicted octanol–water partition coefficient (Wildman–Crippen LogP) is 4.10. The maximum Gasteiger partial charge on any atom is 0.139 e. The van der Waals surface area contributed by atoms with Gasteiger partial charge in [0.2, 0.25) is 0 Å². The van der Waals surface area contributed by atoms with Gasteiger partial charge in [-0.15, -0.1) is 0 Å². The van der Waals surface area contributed by atoms with Crippen molar-refractivity contribution in [2.24, 2.45) is 11.7 Å². The van der Waals surface area contributed by atoms with E-state index in [-0.39, 0.29) is 6.17 Å². The van der Waals surface area contributed by atoms with Crippen LogP contribution in [0, 0.1) is 5.92 Å². The second-order valence-corrected chi connectivity index (χ2v) is 9.91. The number of aromatic nitrogens is 3. The van der Waals surface area contributed by atoms with Gasteiger partial charge in [0, 0.05) is 31.1 Å². The molecule has 8 heteroatoms. The van der Waals surface area contributed by atoms with Crippen molar-refractivity contribution in [3.05, 3.63) is 54.9 Å². The average Bonchev–Trinajstić information content (AvgIpc) is 3.30. The van der Waals surface area contributed by atoms with Crippen LogP contribution >= 0.6 is 0 Å². The molecular formula is C28H36N6O2. The Labute approximate surface area is 212 Å². The van der Waals surface area contributed by atoms with Crippen molar-refractivity contribution in [3.63, 3.8) is 0 Å². The zero-order valence-electron chi connectivity index (χ0n) is 21.4. The van der Waals surface area contributed by atoms with E-state index in [2.05, 4.69) is 53.3 Å². The zero-order valence-corrected chi connectivity index (χ0v) is 21.4. The van der Waals surface area contributed by atoms with Gasteiger partial charge in [0.05, 0.1) is 35.0 Å². The number of hydrogen-bond acceptors (Lipinski definition) is 7. The number of para-hydroxylation sites is 1. The number of nitrogens with two attached hydrogens (primary N) is 1. The number of benzene rings is 2. The summed E-state index contributed by atoms with van der Waals surface area (Å²) in [5, 5.41) is 4.77. The van der Waals surface area contributed by atoms with Gasteiger partial charge in [0.15, 0.2) is 0 Å². The number of fused-ring (bicyclic) bond motifs is 2. The molecular weight excluding hydrogens is 452 g/mol. The Morgan fingerprint density at radius 3 is 2.83 bits per heavy atom. The number of hydrogen-bond donors (Lipinski definition) is 2. The molecule has 0 spiro atoms. The first kappa shape index (κ1) is 24.5. The third kappa shape index (κ3) is 5.16. The molecule has 0 bridgehead atoms. The van der Waals surface area contributed by atoms with Crippen molar-refractivity contribution in [1.29, 1.82) is 0 Å². The van der Waals surface area contributed by atoms with Crippen LogP contribution in [0.5, 0.6) is 5.75 Å². The molecule has 3 heterocycles. The van der Waals surface area contributed by atoms with Gasteiger partial charge in [0.25, 0.3) is 0 Å². The first-order chi connectivity index (χ1) is 17.5. The van der Waals surface area contributed by atoms with Crippen molar-refractivity contribution in [2.75, 3.05) is 38.3 Å². The van der Waals surface area contributed by atoms with Gasteiger partial charge in [-0.05, 0) is 55.6 Å². The Morgan fingerprint density at radius 2 is 2.03 bits per heavy atom. The number of imidazole rings is 1. The summed E-state index contributed by atoms with van der Waals surface area (Å²) in [7, 11) is 1.66. The smallest absolute Gasteiger partial charge is 0.139 e. The Hall–Kier alpha value is -3.20. The van der Waals surface area contributed by atoms with E-state index in [0.29, 0.717) is 25.2 Å². The Morgan fingerprint density at radius 1 is 1.14 bits per heavy atom. The lowest BCUT2D eigenvalue weighted by atomic mass is 10.00. The normalized spacial score (nSPS) is 18.4. The topological polar surface area (TPSA) is 90.5 Å². The second kappa shape index (κ2) is 10.8. The summed E-state index contributed by atoms with van der Waals surface area (Å²) in [6.07, 6.45) is 3.75. The Kier molecular flexibility index (Phi) is 7.36. The van der Waals surface area contributed by atoms with Gasteiger partial charge in [-0.1, -0.05) is 26.0 Å². The number of anilines is 1. The fourth-order valence-electron chi connectivity index (χ4n) is 4.88. The summed E-state index contributed by atoms with van der Waals surface area (Å²) in [6.45, 7) is 7.45. The number of methoxy groups -OCH3 is 1. The molecule has 0 radical (unpaired) electrons. The molecule has 8 nitrogen and oxygen atoms in total. The molecule has 1 aliphatic rings. The number of nitrogens with one attached hydrogen (secondary N) is 1. The molecule has 1 fully saturated rings. The highest BCUT2D eigenvalue weighted by Gasteiger charge is 2.27. The standard InChI is InChI=1S/C28H36N6O2/c1-19(2)17-30-21-11-12-33(26(29)15-21)25-6-4-5-20-7-10-27(32-28(20)25)34-18-31-23-16-22(8-9-24(23)34)36-14-13-35-3/h4-10,16,18-19,21,26,30H,11-15,17,29H2,1-3H3. The fraction of sp³-hybridized carbons (Fsp3) is 0.429. The number of rotatable bonds is 9. The predicted molar refractivity (Wildman–Crippen MR) is 145 cm³/mol. The van der Waals surface area contributed by atoms with Crippen molar-refractivity contribution in [1.82, 2.24) is 19.9 Å². The molecule has 36 heavy (non-hydrogen) atoms. The van der Waals surface area contributed by atoms with E-state index < -0.39 is 0 Å². The summed E-state index contributed by atoms with van der Waals surface area (Å²) >= 11 is 0. The summed E-state index contributed by atoms with van der Waals surface area (Å²) in [5.41, 5.74) is 10.6. The molecule has 0 aliphatic carbocycles. The number of piperidine rings is 1. The molecule has 2 aromatic carbocycles. The SMILES string of the molecule is COCCOc1ccc2c(c1)ncn2-c1ccc2cccc(N3CCC(NCC(C)C)CC3N)c2n1. The number of nitrogens with zero attached hydrogens (tertiary/aromatic N) is 4. The van der Waals surface area contributed by atoms with E-state index in [4.69, 9.17) is 20.2 Å². The van der Waals surface area contributed by atoms with Crippen LogP contribution in [0.15, 0.2) is 54.9 Å². The molecule has 2 aromatic heterocycles. The van der Waals surface area contributed by atoms with Gasteiger partial charge < -0.3 is 25.4 Å². The minimum Gasteiger partial charge on any atom is -0.491 e. The summed E-state index contributed by atoms with van der Waals surface area (Å²) in [6, 6.07) is 16.9. The molecule has 4 aromatic rings. The van der Waals surface area contributed by atoms with Crippen LogP contribution in [0.3, 0.4) is 0 Å². The molecule has 2 atom stereocenters. The quantitative estimate of drug-likeness (QED) is 0.343. The zero-order chi connectivity index (χ0) is 25.1. The second-order valence-electron chi connectivity index (χ2n) is 9.91. The maximum atomic E-state index is 6.69. The first-order valence-electron chi connectivity index (χ1n) is 12.8. The third-order valence-electron chi connectivity index (χ3n) is 6.77. The average molecular weight is 489 g/mol. The van der Waals surface area contributed by atoms with Crippen molar-refractivity contribution < 1.29 is 9.47 Å². The molecule has 2 unspecified atom stereocenters.